The molecule has 0 spiro atoms. The van der Waals surface area contributed by atoms with Gasteiger partial charge in [-0.2, -0.15) is 0 Å². The van der Waals surface area contributed by atoms with Gasteiger partial charge in [-0.05, 0) is 19.1 Å². The van der Waals surface area contributed by atoms with E-state index in [-0.39, 0.29) is 24.6 Å². The first-order valence-electron chi connectivity index (χ1n) is 6.83. The Kier molecular flexibility index (Phi) is 5.05. The second-order valence-electron chi connectivity index (χ2n) is 4.89. The van der Waals surface area contributed by atoms with Crippen molar-refractivity contribution in [2.45, 2.75) is 20.3 Å². The maximum absolute atomic E-state index is 13.5. The lowest BCUT2D eigenvalue weighted by molar-refractivity contribution is -0.117. The van der Waals surface area contributed by atoms with Gasteiger partial charge in [0.05, 0.1) is 5.69 Å². The summed E-state index contributed by atoms with van der Waals surface area (Å²) in [6.45, 7) is 3.07. The summed E-state index contributed by atoms with van der Waals surface area (Å²) >= 11 is 0. The second-order valence-corrected chi connectivity index (χ2v) is 4.89. The molecule has 6 nitrogen and oxygen atoms in total. The average Bonchev–Trinajstić information content (AvgIpc) is 2.88. The third kappa shape index (κ3) is 4.35. The molecule has 8 heteroatoms. The molecule has 122 valence electrons. The number of hydrogen-bond donors (Lipinski definition) is 1. The van der Waals surface area contributed by atoms with Crippen molar-refractivity contribution in [3.05, 3.63) is 41.7 Å². The Hall–Kier alpha value is -2.77. The minimum absolute atomic E-state index is 0.0515. The van der Waals surface area contributed by atoms with Gasteiger partial charge in [0.15, 0.2) is 5.82 Å². The third-order valence-corrected chi connectivity index (χ3v) is 3.04. The lowest BCUT2D eigenvalue weighted by Crippen LogP contribution is -2.32. The predicted octanol–water partition coefficient (Wildman–Crippen LogP) is 2.64. The number of nitrogens with one attached hydrogen (secondary N) is 1. The van der Waals surface area contributed by atoms with Gasteiger partial charge >= 0.3 is 0 Å². The normalized spacial score (nSPS) is 10.4. The van der Waals surface area contributed by atoms with Crippen LogP contribution in [0.1, 0.15) is 19.1 Å². The Morgan fingerprint density at radius 1 is 1.30 bits per heavy atom. The summed E-state index contributed by atoms with van der Waals surface area (Å²) in [6, 6.07) is 4.42. The SMILES string of the molecule is CC(=O)N(CCC(=O)Nc1ccc(F)cc1F)c1cc(C)on1. The number of aromatic nitrogens is 1. The van der Waals surface area contributed by atoms with E-state index in [0.29, 0.717) is 17.6 Å². The topological polar surface area (TPSA) is 75.4 Å². The van der Waals surface area contributed by atoms with Gasteiger partial charge in [0.1, 0.15) is 17.4 Å². The van der Waals surface area contributed by atoms with Crippen molar-refractivity contribution < 1.29 is 22.9 Å². The Labute approximate surface area is 131 Å². The number of amides is 2. The van der Waals surface area contributed by atoms with Crippen LogP contribution >= 0.6 is 0 Å². The molecule has 1 heterocycles. The van der Waals surface area contributed by atoms with Crippen molar-refractivity contribution in [2.75, 3.05) is 16.8 Å². The average molecular weight is 323 g/mol. The van der Waals surface area contributed by atoms with Gasteiger partial charge in [-0.25, -0.2) is 8.78 Å². The monoisotopic (exact) mass is 323 g/mol. The highest BCUT2D eigenvalue weighted by molar-refractivity contribution is 5.94. The maximum atomic E-state index is 13.5. The molecule has 0 unspecified atom stereocenters. The first kappa shape index (κ1) is 16.6. The molecular weight excluding hydrogens is 308 g/mol. The third-order valence-electron chi connectivity index (χ3n) is 3.04. The molecule has 1 N–H and O–H groups in total. The Balaban J connectivity index is 1.98. The van der Waals surface area contributed by atoms with Gasteiger partial charge < -0.3 is 9.84 Å². The van der Waals surface area contributed by atoms with E-state index in [1.54, 1.807) is 13.0 Å². The maximum Gasteiger partial charge on any atom is 0.226 e. The molecule has 1 aromatic heterocycles. The van der Waals surface area contributed by atoms with E-state index in [4.69, 9.17) is 4.52 Å². The van der Waals surface area contributed by atoms with Crippen molar-refractivity contribution in [3.8, 4) is 0 Å². The smallest absolute Gasteiger partial charge is 0.226 e. The lowest BCUT2D eigenvalue weighted by atomic mass is 10.2. The molecule has 0 bridgehead atoms. The van der Waals surface area contributed by atoms with E-state index >= 15 is 0 Å². The molecule has 2 aromatic rings. The summed E-state index contributed by atoms with van der Waals surface area (Å²) < 4.78 is 31.2. The van der Waals surface area contributed by atoms with Crippen LogP contribution in [0.4, 0.5) is 20.3 Å². The predicted molar refractivity (Wildman–Crippen MR) is 78.9 cm³/mol. The minimum atomic E-state index is -0.867. The second kappa shape index (κ2) is 6.99. The van der Waals surface area contributed by atoms with E-state index in [9.17, 15) is 18.4 Å². The molecular formula is C15H15F2N3O3. The number of aryl methyl sites for hydroxylation is 1. The van der Waals surface area contributed by atoms with E-state index < -0.39 is 17.5 Å². The summed E-state index contributed by atoms with van der Waals surface area (Å²) in [4.78, 5) is 24.8. The number of nitrogens with zero attached hydrogens (tertiary/aromatic N) is 2. The fourth-order valence-electron chi connectivity index (χ4n) is 1.93. The van der Waals surface area contributed by atoms with Crippen LogP contribution in [0.3, 0.4) is 0 Å². The van der Waals surface area contributed by atoms with E-state index in [1.165, 1.54) is 11.8 Å². The van der Waals surface area contributed by atoms with E-state index in [0.717, 1.165) is 12.1 Å². The fraction of sp³-hybridized carbons (Fsp3) is 0.267. The zero-order chi connectivity index (χ0) is 17.0. The van der Waals surface area contributed by atoms with Gasteiger partial charge in [-0.15, -0.1) is 0 Å². The first-order valence-corrected chi connectivity index (χ1v) is 6.83. The van der Waals surface area contributed by atoms with Crippen LogP contribution in [-0.2, 0) is 9.59 Å². The number of hydrogen-bond acceptors (Lipinski definition) is 4. The highest BCUT2D eigenvalue weighted by Gasteiger charge is 2.17. The van der Waals surface area contributed by atoms with Crippen LogP contribution in [0.15, 0.2) is 28.8 Å². The summed E-state index contributed by atoms with van der Waals surface area (Å²) in [6.07, 6.45) is -0.0810. The molecule has 0 saturated heterocycles. The van der Waals surface area contributed by atoms with Gasteiger partial charge in [0.2, 0.25) is 11.8 Å². The standard InChI is InChI=1S/C15H15F2N3O3/c1-9-7-14(19-23-9)20(10(2)21)6-5-15(22)18-13-4-3-11(16)8-12(13)17/h3-4,7-8H,5-6H2,1-2H3,(H,18,22). The molecule has 0 saturated carbocycles. The van der Waals surface area contributed by atoms with E-state index in [1.807, 2.05) is 0 Å². The lowest BCUT2D eigenvalue weighted by Gasteiger charge is -2.17. The van der Waals surface area contributed by atoms with Crippen LogP contribution < -0.4 is 10.2 Å². The van der Waals surface area contributed by atoms with Crippen molar-refractivity contribution >= 4 is 23.3 Å². The number of carbonyl (C=O) groups is 2. The molecule has 0 aliphatic carbocycles. The number of carbonyl (C=O) groups excluding carboxylic acids is 2. The van der Waals surface area contributed by atoms with Gasteiger partial charge in [-0.1, -0.05) is 5.16 Å². The molecule has 2 amide bonds. The first-order chi connectivity index (χ1) is 10.9. The van der Waals surface area contributed by atoms with Gasteiger partial charge in [0, 0.05) is 32.0 Å². The number of halogens is 2. The highest BCUT2D eigenvalue weighted by atomic mass is 19.1. The summed E-state index contributed by atoms with van der Waals surface area (Å²) in [7, 11) is 0. The van der Waals surface area contributed by atoms with Crippen molar-refractivity contribution in [1.29, 1.82) is 0 Å². The number of benzene rings is 1. The Morgan fingerprint density at radius 2 is 2.04 bits per heavy atom. The number of rotatable bonds is 5. The van der Waals surface area contributed by atoms with Crippen molar-refractivity contribution in [2.24, 2.45) is 0 Å². The van der Waals surface area contributed by atoms with E-state index in [2.05, 4.69) is 10.5 Å². The summed E-state index contributed by atoms with van der Waals surface area (Å²) in [5.41, 5.74) is -0.122. The largest absolute Gasteiger partial charge is 0.360 e. The van der Waals surface area contributed by atoms with Crippen LogP contribution in [0.25, 0.3) is 0 Å². The molecule has 0 atom stereocenters. The Bertz CT molecular complexity index is 731. The quantitative estimate of drug-likeness (QED) is 0.918. The zero-order valence-electron chi connectivity index (χ0n) is 12.6. The van der Waals surface area contributed by atoms with Crippen LogP contribution in [0, 0.1) is 18.6 Å². The molecule has 0 aliphatic rings. The van der Waals surface area contributed by atoms with Gasteiger partial charge in [0.25, 0.3) is 0 Å². The van der Waals surface area contributed by atoms with Crippen LogP contribution in [-0.4, -0.2) is 23.5 Å². The molecule has 23 heavy (non-hydrogen) atoms. The minimum Gasteiger partial charge on any atom is -0.360 e. The highest BCUT2D eigenvalue weighted by Crippen LogP contribution is 2.17. The zero-order valence-corrected chi connectivity index (χ0v) is 12.6. The van der Waals surface area contributed by atoms with Gasteiger partial charge in [-0.3, -0.25) is 14.5 Å². The summed E-state index contributed by atoms with van der Waals surface area (Å²) in [5.74, 6) is -1.58. The molecule has 0 fully saturated rings. The van der Waals surface area contributed by atoms with Crippen LogP contribution in [0.5, 0.6) is 0 Å². The molecule has 2 rings (SSSR count). The number of anilines is 2. The van der Waals surface area contributed by atoms with Crippen molar-refractivity contribution in [1.82, 2.24) is 5.16 Å². The van der Waals surface area contributed by atoms with Crippen LogP contribution in [0.2, 0.25) is 0 Å². The summed E-state index contributed by atoms with van der Waals surface area (Å²) in [5, 5.41) is 6.05. The molecule has 1 aromatic carbocycles. The molecule has 0 radical (unpaired) electrons. The van der Waals surface area contributed by atoms with Crippen molar-refractivity contribution in [3.63, 3.8) is 0 Å². The fourth-order valence-corrected chi connectivity index (χ4v) is 1.93. The molecule has 0 aliphatic heterocycles. The Morgan fingerprint density at radius 3 is 2.61 bits per heavy atom.